The lowest BCUT2D eigenvalue weighted by atomic mass is 10.0. The molecule has 1 N–H and O–H groups in total. The highest BCUT2D eigenvalue weighted by Crippen LogP contribution is 2.18. The van der Waals surface area contributed by atoms with Gasteiger partial charge in [0.2, 0.25) is 0 Å². The third-order valence-corrected chi connectivity index (χ3v) is 4.71. The topological polar surface area (TPSA) is 63.6 Å². The van der Waals surface area contributed by atoms with E-state index in [1.165, 1.54) is 44.9 Å². The van der Waals surface area contributed by atoms with Crippen molar-refractivity contribution < 1.29 is 17.2 Å². The van der Waals surface area contributed by atoms with Crippen LogP contribution in [0.15, 0.2) is 0 Å². The molecule has 5 heteroatoms. The van der Waals surface area contributed by atoms with Gasteiger partial charge in [0.15, 0.2) is 0 Å². The van der Waals surface area contributed by atoms with Crippen LogP contribution in [0.3, 0.4) is 0 Å². The van der Waals surface area contributed by atoms with Gasteiger partial charge in [-0.15, -0.1) is 0 Å². The Kier molecular flexibility index (Phi) is 14.2. The molecule has 0 amide bonds. The second kappa shape index (κ2) is 14.2. The zero-order valence-corrected chi connectivity index (χ0v) is 16.2. The van der Waals surface area contributed by atoms with Gasteiger partial charge in [0.25, 0.3) is 0 Å². The summed E-state index contributed by atoms with van der Waals surface area (Å²) in [4.78, 5) is 0. The Hall–Kier alpha value is -0.130. The van der Waals surface area contributed by atoms with Crippen LogP contribution in [0.25, 0.3) is 0 Å². The highest BCUT2D eigenvalue weighted by atomic mass is 32.3. The van der Waals surface area contributed by atoms with E-state index in [1.807, 2.05) is 0 Å². The SMILES string of the molecule is CCCCCCCCCC(CCCCCC(C)C)OS(=O)(=O)O. The monoisotopic (exact) mass is 350 g/mol. The molecule has 0 aliphatic carbocycles. The van der Waals surface area contributed by atoms with Gasteiger partial charge in [-0.2, -0.15) is 8.42 Å². The van der Waals surface area contributed by atoms with Gasteiger partial charge in [0.1, 0.15) is 0 Å². The van der Waals surface area contributed by atoms with Gasteiger partial charge in [-0.1, -0.05) is 91.4 Å². The zero-order valence-electron chi connectivity index (χ0n) is 15.4. The fourth-order valence-corrected chi connectivity index (χ4v) is 3.38. The van der Waals surface area contributed by atoms with E-state index in [-0.39, 0.29) is 6.10 Å². The van der Waals surface area contributed by atoms with Crippen molar-refractivity contribution in [3.63, 3.8) is 0 Å². The van der Waals surface area contributed by atoms with Crippen molar-refractivity contribution >= 4 is 10.4 Å². The van der Waals surface area contributed by atoms with E-state index in [4.69, 9.17) is 8.74 Å². The molecule has 0 radical (unpaired) electrons. The normalized spacial score (nSPS) is 13.6. The van der Waals surface area contributed by atoms with Crippen molar-refractivity contribution in [2.24, 2.45) is 5.92 Å². The molecule has 140 valence electrons. The van der Waals surface area contributed by atoms with Crippen LogP contribution in [-0.4, -0.2) is 19.1 Å². The Balaban J connectivity index is 3.87. The third kappa shape index (κ3) is 18.1. The van der Waals surface area contributed by atoms with E-state index < -0.39 is 10.4 Å². The fourth-order valence-electron chi connectivity index (χ4n) is 2.84. The molecular formula is C18H38O4S. The van der Waals surface area contributed by atoms with E-state index >= 15 is 0 Å². The largest absolute Gasteiger partial charge is 0.397 e. The Morgan fingerprint density at radius 3 is 1.70 bits per heavy atom. The highest BCUT2D eigenvalue weighted by molar-refractivity contribution is 7.80. The van der Waals surface area contributed by atoms with Crippen molar-refractivity contribution in [2.45, 2.75) is 110 Å². The van der Waals surface area contributed by atoms with Crippen LogP contribution < -0.4 is 0 Å². The van der Waals surface area contributed by atoms with Gasteiger partial charge in [-0.3, -0.25) is 4.55 Å². The van der Waals surface area contributed by atoms with Crippen molar-refractivity contribution in [3.8, 4) is 0 Å². The average molecular weight is 351 g/mol. The van der Waals surface area contributed by atoms with E-state index in [0.717, 1.165) is 32.1 Å². The molecule has 0 saturated heterocycles. The minimum absolute atomic E-state index is 0.361. The second-order valence-corrected chi connectivity index (χ2v) is 8.14. The summed E-state index contributed by atoms with van der Waals surface area (Å²) in [6.07, 6.45) is 13.9. The Labute approximate surface area is 144 Å². The number of hydrogen-bond donors (Lipinski definition) is 1. The van der Waals surface area contributed by atoms with Crippen LogP contribution >= 0.6 is 0 Å². The van der Waals surface area contributed by atoms with Gasteiger partial charge in [0, 0.05) is 0 Å². The van der Waals surface area contributed by atoms with Crippen LogP contribution in [0.4, 0.5) is 0 Å². The molecule has 0 spiro atoms. The highest BCUT2D eigenvalue weighted by Gasteiger charge is 2.16. The summed E-state index contributed by atoms with van der Waals surface area (Å²) in [7, 11) is -4.33. The summed E-state index contributed by atoms with van der Waals surface area (Å²) in [6.45, 7) is 6.63. The van der Waals surface area contributed by atoms with Gasteiger partial charge in [0.05, 0.1) is 6.10 Å². The van der Waals surface area contributed by atoms with Gasteiger partial charge in [-0.05, 0) is 18.8 Å². The lowest BCUT2D eigenvalue weighted by Gasteiger charge is -2.15. The van der Waals surface area contributed by atoms with Crippen LogP contribution in [0.5, 0.6) is 0 Å². The first-order chi connectivity index (χ1) is 10.8. The van der Waals surface area contributed by atoms with Crippen LogP contribution in [0.1, 0.15) is 104 Å². The molecule has 0 fully saturated rings. The molecular weight excluding hydrogens is 312 g/mol. The van der Waals surface area contributed by atoms with Gasteiger partial charge < -0.3 is 0 Å². The minimum Gasteiger partial charge on any atom is -0.264 e. The molecule has 0 aliphatic rings. The lowest BCUT2D eigenvalue weighted by molar-refractivity contribution is 0.157. The summed E-state index contributed by atoms with van der Waals surface area (Å²) in [6, 6.07) is 0. The average Bonchev–Trinajstić information content (AvgIpc) is 2.43. The molecule has 4 nitrogen and oxygen atoms in total. The molecule has 1 atom stereocenters. The molecule has 0 aromatic rings. The van der Waals surface area contributed by atoms with Gasteiger partial charge in [-0.25, -0.2) is 4.18 Å². The lowest BCUT2D eigenvalue weighted by Crippen LogP contribution is -2.18. The molecule has 23 heavy (non-hydrogen) atoms. The Morgan fingerprint density at radius 1 is 0.783 bits per heavy atom. The molecule has 0 saturated carbocycles. The Bertz CT molecular complexity index is 352. The second-order valence-electron chi connectivity index (χ2n) is 7.09. The maximum atomic E-state index is 11.0. The van der Waals surface area contributed by atoms with Crippen LogP contribution in [0.2, 0.25) is 0 Å². The summed E-state index contributed by atoms with van der Waals surface area (Å²) >= 11 is 0. The van der Waals surface area contributed by atoms with Crippen molar-refractivity contribution in [3.05, 3.63) is 0 Å². The molecule has 0 aromatic heterocycles. The molecule has 0 aliphatic heterocycles. The number of rotatable bonds is 16. The van der Waals surface area contributed by atoms with Crippen molar-refractivity contribution in [1.82, 2.24) is 0 Å². The molecule has 1 unspecified atom stereocenters. The van der Waals surface area contributed by atoms with E-state index in [2.05, 4.69) is 20.8 Å². The molecule has 0 heterocycles. The smallest absolute Gasteiger partial charge is 0.264 e. The zero-order chi connectivity index (χ0) is 17.6. The Morgan fingerprint density at radius 2 is 1.22 bits per heavy atom. The van der Waals surface area contributed by atoms with Crippen LogP contribution in [0, 0.1) is 5.92 Å². The molecule has 0 aromatic carbocycles. The first-order valence-electron chi connectivity index (χ1n) is 9.50. The van der Waals surface area contributed by atoms with Gasteiger partial charge >= 0.3 is 10.4 Å². The van der Waals surface area contributed by atoms with Crippen LogP contribution in [-0.2, 0) is 14.6 Å². The quantitative estimate of drug-likeness (QED) is 0.277. The first kappa shape index (κ1) is 22.9. The maximum absolute atomic E-state index is 11.0. The van der Waals surface area contributed by atoms with E-state index in [1.54, 1.807) is 0 Å². The third-order valence-electron chi connectivity index (χ3n) is 4.19. The summed E-state index contributed by atoms with van der Waals surface area (Å²) in [5.74, 6) is 0.715. The van der Waals surface area contributed by atoms with Crippen molar-refractivity contribution in [2.75, 3.05) is 0 Å². The number of hydrogen-bond acceptors (Lipinski definition) is 3. The predicted octanol–water partition coefficient (Wildman–Crippen LogP) is 5.92. The maximum Gasteiger partial charge on any atom is 0.397 e. The summed E-state index contributed by atoms with van der Waals surface area (Å²) in [5, 5.41) is 0. The first-order valence-corrected chi connectivity index (χ1v) is 10.9. The summed E-state index contributed by atoms with van der Waals surface area (Å²) < 4.78 is 35.7. The molecule has 0 rings (SSSR count). The predicted molar refractivity (Wildman–Crippen MR) is 97.0 cm³/mol. The fraction of sp³-hybridized carbons (Fsp3) is 1.00. The minimum atomic E-state index is -4.33. The molecule has 0 bridgehead atoms. The summed E-state index contributed by atoms with van der Waals surface area (Å²) in [5.41, 5.74) is 0. The standard InChI is InChI=1S/C18H38O4S/c1-4-5-6-7-8-9-12-15-18(22-23(19,20)21)16-13-10-11-14-17(2)3/h17-18H,4-16H2,1-3H3,(H,19,20,21). The van der Waals surface area contributed by atoms with E-state index in [0.29, 0.717) is 12.3 Å². The number of unbranched alkanes of at least 4 members (excludes halogenated alkanes) is 8. The van der Waals surface area contributed by atoms with Crippen molar-refractivity contribution in [1.29, 1.82) is 0 Å². The van der Waals surface area contributed by atoms with E-state index in [9.17, 15) is 8.42 Å².